The van der Waals surface area contributed by atoms with Crippen molar-refractivity contribution in [2.24, 2.45) is 0 Å². The number of thiocarbonyl (C=S) groups is 1. The maximum Gasteiger partial charge on any atom is 0.338 e. The molecule has 136 valence electrons. The highest BCUT2D eigenvalue weighted by Crippen LogP contribution is 2.14. The molecule has 0 saturated carbocycles. The lowest BCUT2D eigenvalue weighted by atomic mass is 10.2. The van der Waals surface area contributed by atoms with Crippen LogP contribution in [-0.4, -0.2) is 71.6 Å². The Morgan fingerprint density at radius 1 is 1.20 bits per heavy atom. The van der Waals surface area contributed by atoms with Crippen LogP contribution in [-0.2, 0) is 9.53 Å². The summed E-state index contributed by atoms with van der Waals surface area (Å²) in [6.07, 6.45) is 0. The monoisotopic (exact) mass is 381 g/mol. The Morgan fingerprint density at radius 2 is 1.84 bits per heavy atom. The molecule has 1 saturated heterocycles. The summed E-state index contributed by atoms with van der Waals surface area (Å²) in [4.78, 5) is 28.1. The van der Waals surface area contributed by atoms with E-state index in [4.69, 9.17) is 17.0 Å². The van der Waals surface area contributed by atoms with Crippen LogP contribution < -0.4 is 5.32 Å². The van der Waals surface area contributed by atoms with E-state index in [1.165, 1.54) is 11.8 Å². The van der Waals surface area contributed by atoms with Gasteiger partial charge in [0.05, 0.1) is 17.9 Å². The Balaban J connectivity index is 1.76. The van der Waals surface area contributed by atoms with Crippen molar-refractivity contribution in [1.29, 1.82) is 0 Å². The number of hydrogen-bond donors (Lipinski definition) is 1. The second-order valence-corrected chi connectivity index (χ2v) is 7.30. The van der Waals surface area contributed by atoms with Gasteiger partial charge >= 0.3 is 5.97 Å². The van der Waals surface area contributed by atoms with Crippen LogP contribution in [0.1, 0.15) is 17.3 Å². The third kappa shape index (κ3) is 6.30. The second-order valence-electron chi connectivity index (χ2n) is 5.69. The van der Waals surface area contributed by atoms with Gasteiger partial charge in [-0.05, 0) is 38.2 Å². The van der Waals surface area contributed by atoms with Crippen molar-refractivity contribution in [1.82, 2.24) is 9.80 Å². The number of ether oxygens (including phenoxy) is 1. The van der Waals surface area contributed by atoms with Gasteiger partial charge in [0.15, 0.2) is 0 Å². The SMILES string of the molecule is CCOC(=O)c1ccc(NC(=O)CSC(=S)N2CCN(C)CC2)cc1. The van der Waals surface area contributed by atoms with Crippen LogP contribution in [0.2, 0.25) is 0 Å². The predicted octanol–water partition coefficient (Wildman–Crippen LogP) is 2.07. The van der Waals surface area contributed by atoms with Gasteiger partial charge in [-0.25, -0.2) is 4.79 Å². The van der Waals surface area contributed by atoms with Gasteiger partial charge in [0.1, 0.15) is 4.32 Å². The minimum atomic E-state index is -0.367. The van der Waals surface area contributed by atoms with Gasteiger partial charge in [0, 0.05) is 31.9 Å². The standard InChI is InChI=1S/C17H23N3O3S2/c1-3-23-16(22)13-4-6-14(7-5-13)18-15(21)12-25-17(24)20-10-8-19(2)9-11-20/h4-7H,3,8-12H2,1-2H3,(H,18,21). The summed E-state index contributed by atoms with van der Waals surface area (Å²) in [5.74, 6) is -0.219. The number of hydrogen-bond acceptors (Lipinski definition) is 6. The van der Waals surface area contributed by atoms with Crippen LogP contribution in [0.5, 0.6) is 0 Å². The molecule has 1 aliphatic rings. The normalized spacial score (nSPS) is 14.9. The quantitative estimate of drug-likeness (QED) is 0.619. The summed E-state index contributed by atoms with van der Waals surface area (Å²) < 4.78 is 5.69. The number of anilines is 1. The van der Waals surface area contributed by atoms with E-state index in [0.29, 0.717) is 17.9 Å². The van der Waals surface area contributed by atoms with E-state index in [1.807, 2.05) is 0 Å². The van der Waals surface area contributed by atoms with Crippen LogP contribution >= 0.6 is 24.0 Å². The van der Waals surface area contributed by atoms with Gasteiger partial charge < -0.3 is 19.9 Å². The lowest BCUT2D eigenvalue weighted by Crippen LogP contribution is -2.46. The van der Waals surface area contributed by atoms with E-state index in [1.54, 1.807) is 31.2 Å². The number of nitrogens with one attached hydrogen (secondary N) is 1. The average Bonchev–Trinajstić information content (AvgIpc) is 2.61. The van der Waals surface area contributed by atoms with Gasteiger partial charge in [-0.2, -0.15) is 0 Å². The summed E-state index contributed by atoms with van der Waals surface area (Å²) in [7, 11) is 2.09. The molecule has 0 atom stereocenters. The van der Waals surface area contributed by atoms with Crippen LogP contribution in [0.15, 0.2) is 24.3 Å². The third-order valence-electron chi connectivity index (χ3n) is 3.77. The number of amides is 1. The first kappa shape index (κ1) is 19.7. The van der Waals surface area contributed by atoms with Crippen molar-refractivity contribution in [3.63, 3.8) is 0 Å². The number of benzene rings is 1. The third-order valence-corrected chi connectivity index (χ3v) is 5.29. The van der Waals surface area contributed by atoms with Crippen molar-refractivity contribution in [2.45, 2.75) is 6.92 Å². The minimum absolute atomic E-state index is 0.120. The Bertz CT molecular complexity index is 614. The Kier molecular flexibility index (Phi) is 7.67. The molecule has 6 nitrogen and oxygen atoms in total. The zero-order chi connectivity index (χ0) is 18.2. The number of esters is 1. The van der Waals surface area contributed by atoms with Crippen LogP contribution in [0.25, 0.3) is 0 Å². The zero-order valence-corrected chi connectivity index (χ0v) is 16.1. The molecule has 8 heteroatoms. The van der Waals surface area contributed by atoms with Gasteiger partial charge in [0.2, 0.25) is 5.91 Å². The number of carbonyl (C=O) groups is 2. The fraction of sp³-hybridized carbons (Fsp3) is 0.471. The molecule has 0 aliphatic carbocycles. The summed E-state index contributed by atoms with van der Waals surface area (Å²) in [6.45, 7) is 5.87. The smallest absolute Gasteiger partial charge is 0.338 e. The minimum Gasteiger partial charge on any atom is -0.462 e. The van der Waals surface area contributed by atoms with Gasteiger partial charge in [-0.15, -0.1) is 0 Å². The van der Waals surface area contributed by atoms with E-state index in [-0.39, 0.29) is 17.6 Å². The number of likely N-dealkylation sites (N-methyl/N-ethyl adjacent to an activating group) is 1. The molecule has 1 aromatic carbocycles. The first-order chi connectivity index (χ1) is 12.0. The number of nitrogens with zero attached hydrogens (tertiary/aromatic N) is 2. The van der Waals surface area contributed by atoms with Crippen molar-refractivity contribution in [3.05, 3.63) is 29.8 Å². The number of thioether (sulfide) groups is 1. The van der Waals surface area contributed by atoms with Crippen molar-refractivity contribution in [2.75, 3.05) is 50.9 Å². The zero-order valence-electron chi connectivity index (χ0n) is 14.5. The Morgan fingerprint density at radius 3 is 2.44 bits per heavy atom. The number of carbonyl (C=O) groups excluding carboxylic acids is 2. The second kappa shape index (κ2) is 9.74. The summed E-state index contributed by atoms with van der Waals surface area (Å²) in [5.41, 5.74) is 1.11. The molecule has 2 rings (SSSR count). The molecule has 1 aliphatic heterocycles. The van der Waals surface area contributed by atoms with Gasteiger partial charge in [-0.1, -0.05) is 24.0 Å². The van der Waals surface area contributed by atoms with E-state index in [2.05, 4.69) is 22.2 Å². The topological polar surface area (TPSA) is 61.9 Å². The molecule has 0 unspecified atom stereocenters. The van der Waals surface area contributed by atoms with Gasteiger partial charge in [-0.3, -0.25) is 4.79 Å². The highest BCUT2D eigenvalue weighted by atomic mass is 32.2. The molecular formula is C17H23N3O3S2. The van der Waals surface area contributed by atoms with Crippen LogP contribution in [0.4, 0.5) is 5.69 Å². The Labute approximate surface area is 157 Å². The molecule has 1 N–H and O–H groups in total. The molecule has 0 aromatic heterocycles. The Hall–Kier alpha value is -1.64. The lowest BCUT2D eigenvalue weighted by Gasteiger charge is -2.33. The molecule has 1 amide bonds. The summed E-state index contributed by atoms with van der Waals surface area (Å²) >= 11 is 6.78. The fourth-order valence-electron chi connectivity index (χ4n) is 2.31. The molecular weight excluding hydrogens is 358 g/mol. The predicted molar refractivity (Wildman–Crippen MR) is 105 cm³/mol. The van der Waals surface area contributed by atoms with Crippen LogP contribution in [0.3, 0.4) is 0 Å². The number of piperazine rings is 1. The van der Waals surface area contributed by atoms with E-state index >= 15 is 0 Å². The highest BCUT2D eigenvalue weighted by molar-refractivity contribution is 8.23. The maximum atomic E-state index is 12.1. The van der Waals surface area contributed by atoms with Crippen molar-refractivity contribution < 1.29 is 14.3 Å². The van der Waals surface area contributed by atoms with Crippen molar-refractivity contribution >= 4 is 45.9 Å². The number of rotatable bonds is 5. The first-order valence-corrected chi connectivity index (χ1v) is 9.56. The highest BCUT2D eigenvalue weighted by Gasteiger charge is 2.17. The van der Waals surface area contributed by atoms with Crippen LogP contribution in [0, 0.1) is 0 Å². The molecule has 1 heterocycles. The largest absolute Gasteiger partial charge is 0.462 e. The summed E-state index contributed by atoms with van der Waals surface area (Å²) in [5, 5.41) is 2.81. The van der Waals surface area contributed by atoms with Crippen molar-refractivity contribution in [3.8, 4) is 0 Å². The molecule has 1 aromatic rings. The molecule has 0 spiro atoms. The first-order valence-electron chi connectivity index (χ1n) is 8.17. The fourth-order valence-corrected chi connectivity index (χ4v) is 3.36. The molecule has 0 bridgehead atoms. The van der Waals surface area contributed by atoms with E-state index < -0.39 is 0 Å². The van der Waals surface area contributed by atoms with E-state index in [9.17, 15) is 9.59 Å². The maximum absolute atomic E-state index is 12.1. The van der Waals surface area contributed by atoms with Gasteiger partial charge in [0.25, 0.3) is 0 Å². The molecule has 0 radical (unpaired) electrons. The summed E-state index contributed by atoms with van der Waals surface area (Å²) in [6, 6.07) is 6.65. The average molecular weight is 382 g/mol. The van der Waals surface area contributed by atoms with E-state index in [0.717, 1.165) is 30.5 Å². The molecule has 1 fully saturated rings. The molecule has 25 heavy (non-hydrogen) atoms. The lowest BCUT2D eigenvalue weighted by molar-refractivity contribution is -0.113.